The molecule has 0 aliphatic heterocycles. The number of phenols is 2. The van der Waals surface area contributed by atoms with E-state index in [1.807, 2.05) is 6.92 Å². The zero-order valence-corrected chi connectivity index (χ0v) is 8.07. The molecule has 0 aromatic heterocycles. The summed E-state index contributed by atoms with van der Waals surface area (Å²) in [6, 6.07) is 2.97. The molecule has 14 heavy (non-hydrogen) atoms. The van der Waals surface area contributed by atoms with Gasteiger partial charge in [0.15, 0.2) is 0 Å². The Bertz CT molecular complexity index is 360. The molecule has 0 bridgehead atoms. The van der Waals surface area contributed by atoms with E-state index in [1.165, 1.54) is 6.07 Å². The normalized spacial score (nSPS) is 25.9. The number of benzene rings is 1. The fraction of sp³-hybridized carbons (Fsp3) is 0.455. The molecule has 0 amide bonds. The van der Waals surface area contributed by atoms with Gasteiger partial charge in [0.2, 0.25) is 0 Å². The van der Waals surface area contributed by atoms with Gasteiger partial charge < -0.3 is 15.3 Å². The Morgan fingerprint density at radius 3 is 2.71 bits per heavy atom. The number of hydrogen-bond donors (Lipinski definition) is 3. The topological polar surface area (TPSA) is 60.7 Å². The first-order chi connectivity index (χ1) is 6.58. The van der Waals surface area contributed by atoms with Gasteiger partial charge in [-0.25, -0.2) is 0 Å². The summed E-state index contributed by atoms with van der Waals surface area (Å²) >= 11 is 0. The molecule has 2 atom stereocenters. The van der Waals surface area contributed by atoms with Crippen LogP contribution >= 0.6 is 0 Å². The van der Waals surface area contributed by atoms with Crippen molar-refractivity contribution in [2.75, 3.05) is 0 Å². The molecule has 0 fully saturated rings. The maximum absolute atomic E-state index is 9.65. The van der Waals surface area contributed by atoms with Crippen LogP contribution in [0, 0.1) is 0 Å². The molecule has 2 rings (SSSR count). The van der Waals surface area contributed by atoms with Gasteiger partial charge in [-0.15, -0.1) is 0 Å². The van der Waals surface area contributed by atoms with Crippen molar-refractivity contribution in [2.45, 2.75) is 31.8 Å². The molecule has 3 N–H and O–H groups in total. The van der Waals surface area contributed by atoms with Crippen molar-refractivity contribution in [3.05, 3.63) is 23.3 Å². The van der Waals surface area contributed by atoms with Gasteiger partial charge in [0.1, 0.15) is 11.5 Å². The van der Waals surface area contributed by atoms with Crippen LogP contribution in [0.15, 0.2) is 12.1 Å². The molecule has 1 aromatic rings. The number of phenolic OH excluding ortho intramolecular Hbond substituents is 2. The molecule has 0 saturated carbocycles. The summed E-state index contributed by atoms with van der Waals surface area (Å²) in [6.45, 7) is 1.97. The van der Waals surface area contributed by atoms with E-state index in [0.29, 0.717) is 12.8 Å². The molecule has 1 aliphatic rings. The van der Waals surface area contributed by atoms with Gasteiger partial charge >= 0.3 is 0 Å². The Morgan fingerprint density at radius 1 is 1.29 bits per heavy atom. The summed E-state index contributed by atoms with van der Waals surface area (Å²) in [5, 5.41) is 28.5. The smallest absolute Gasteiger partial charge is 0.123 e. The predicted octanol–water partition coefficient (Wildman–Crippen LogP) is 1.51. The van der Waals surface area contributed by atoms with Crippen molar-refractivity contribution < 1.29 is 15.3 Å². The largest absolute Gasteiger partial charge is 0.508 e. The standard InChI is InChI=1S/C11H14O3/c1-6-2-8(12)3-7-4-9(13)5-10(14)11(6)7/h4-6,8,12-14H,2-3H2,1H3/t6-,8+/m1/s1. The summed E-state index contributed by atoms with van der Waals surface area (Å²) < 4.78 is 0. The van der Waals surface area contributed by atoms with E-state index in [2.05, 4.69) is 0 Å². The Morgan fingerprint density at radius 2 is 2.00 bits per heavy atom. The minimum Gasteiger partial charge on any atom is -0.508 e. The molecule has 1 aromatic carbocycles. The molecule has 3 heteroatoms. The number of aliphatic hydroxyl groups excluding tert-OH is 1. The highest BCUT2D eigenvalue weighted by Crippen LogP contribution is 2.39. The zero-order chi connectivity index (χ0) is 10.3. The fourth-order valence-electron chi connectivity index (χ4n) is 2.28. The van der Waals surface area contributed by atoms with Gasteiger partial charge in [-0.2, -0.15) is 0 Å². The zero-order valence-electron chi connectivity index (χ0n) is 8.07. The number of aliphatic hydroxyl groups is 1. The molecule has 76 valence electrons. The Kier molecular flexibility index (Phi) is 2.11. The third kappa shape index (κ3) is 1.44. The summed E-state index contributed by atoms with van der Waals surface area (Å²) in [5.74, 6) is 0.344. The van der Waals surface area contributed by atoms with Gasteiger partial charge in [-0.1, -0.05) is 6.92 Å². The quantitative estimate of drug-likeness (QED) is 0.586. The average molecular weight is 194 g/mol. The second kappa shape index (κ2) is 3.17. The van der Waals surface area contributed by atoms with Crippen molar-refractivity contribution in [1.82, 2.24) is 0 Å². The molecule has 3 nitrogen and oxygen atoms in total. The first-order valence-electron chi connectivity index (χ1n) is 4.80. The second-order valence-electron chi connectivity index (χ2n) is 4.03. The van der Waals surface area contributed by atoms with Crippen LogP contribution in [-0.4, -0.2) is 21.4 Å². The van der Waals surface area contributed by atoms with E-state index >= 15 is 0 Å². The molecule has 0 heterocycles. The second-order valence-corrected chi connectivity index (χ2v) is 4.03. The first kappa shape index (κ1) is 9.34. The summed E-state index contributed by atoms with van der Waals surface area (Å²) in [7, 11) is 0. The molecule has 0 spiro atoms. The maximum Gasteiger partial charge on any atom is 0.123 e. The van der Waals surface area contributed by atoms with Crippen molar-refractivity contribution in [3.63, 3.8) is 0 Å². The Labute approximate surface area is 82.6 Å². The molecule has 0 unspecified atom stereocenters. The lowest BCUT2D eigenvalue weighted by Gasteiger charge is -2.27. The lowest BCUT2D eigenvalue weighted by Crippen LogP contribution is -2.21. The monoisotopic (exact) mass is 194 g/mol. The number of fused-ring (bicyclic) bond motifs is 1. The SMILES string of the molecule is C[C@@H]1C[C@H](O)Cc2cc(O)cc(O)c21. The van der Waals surface area contributed by atoms with Gasteiger partial charge in [-0.05, 0) is 30.4 Å². The van der Waals surface area contributed by atoms with Crippen LogP contribution < -0.4 is 0 Å². The number of hydrogen-bond acceptors (Lipinski definition) is 3. The minimum absolute atomic E-state index is 0.0579. The van der Waals surface area contributed by atoms with Crippen molar-refractivity contribution >= 4 is 0 Å². The van der Waals surface area contributed by atoms with Crippen LogP contribution in [0.1, 0.15) is 30.4 Å². The van der Waals surface area contributed by atoms with Crippen LogP contribution in [0.5, 0.6) is 11.5 Å². The molecule has 0 radical (unpaired) electrons. The van der Waals surface area contributed by atoms with Gasteiger partial charge in [0.05, 0.1) is 6.10 Å². The van der Waals surface area contributed by atoms with E-state index in [-0.39, 0.29) is 23.5 Å². The van der Waals surface area contributed by atoms with Crippen LogP contribution in [-0.2, 0) is 6.42 Å². The van der Waals surface area contributed by atoms with Crippen LogP contribution in [0.25, 0.3) is 0 Å². The van der Waals surface area contributed by atoms with E-state index in [9.17, 15) is 15.3 Å². The Balaban J connectivity index is 2.53. The van der Waals surface area contributed by atoms with Gasteiger partial charge in [-0.3, -0.25) is 0 Å². The van der Waals surface area contributed by atoms with Crippen LogP contribution in [0.3, 0.4) is 0 Å². The van der Waals surface area contributed by atoms with Gasteiger partial charge in [0, 0.05) is 11.6 Å². The third-order valence-electron chi connectivity index (χ3n) is 2.80. The van der Waals surface area contributed by atoms with Crippen LogP contribution in [0.2, 0.25) is 0 Å². The van der Waals surface area contributed by atoms with Crippen molar-refractivity contribution in [2.24, 2.45) is 0 Å². The summed E-state index contributed by atoms with van der Waals surface area (Å²) in [5.41, 5.74) is 1.72. The average Bonchev–Trinajstić information content (AvgIpc) is 1.99. The molecule has 0 saturated heterocycles. The van der Waals surface area contributed by atoms with E-state index in [0.717, 1.165) is 11.1 Å². The highest BCUT2D eigenvalue weighted by molar-refractivity contribution is 5.48. The number of aromatic hydroxyl groups is 2. The third-order valence-corrected chi connectivity index (χ3v) is 2.80. The summed E-state index contributed by atoms with van der Waals surface area (Å²) in [6.07, 6.45) is 0.825. The van der Waals surface area contributed by atoms with E-state index in [4.69, 9.17) is 0 Å². The highest BCUT2D eigenvalue weighted by atomic mass is 16.3. The number of rotatable bonds is 0. The lowest BCUT2D eigenvalue weighted by molar-refractivity contribution is 0.148. The minimum atomic E-state index is -0.362. The van der Waals surface area contributed by atoms with Crippen molar-refractivity contribution in [1.29, 1.82) is 0 Å². The Hall–Kier alpha value is -1.22. The lowest BCUT2D eigenvalue weighted by atomic mass is 9.82. The maximum atomic E-state index is 9.65. The molecular weight excluding hydrogens is 180 g/mol. The van der Waals surface area contributed by atoms with E-state index < -0.39 is 0 Å². The van der Waals surface area contributed by atoms with Crippen molar-refractivity contribution in [3.8, 4) is 11.5 Å². The molecular formula is C11H14O3. The van der Waals surface area contributed by atoms with E-state index in [1.54, 1.807) is 6.07 Å². The van der Waals surface area contributed by atoms with Gasteiger partial charge in [0.25, 0.3) is 0 Å². The van der Waals surface area contributed by atoms with Crippen LogP contribution in [0.4, 0.5) is 0 Å². The predicted molar refractivity (Wildman–Crippen MR) is 52.5 cm³/mol. The highest BCUT2D eigenvalue weighted by Gasteiger charge is 2.25. The molecule has 1 aliphatic carbocycles. The fourth-order valence-corrected chi connectivity index (χ4v) is 2.28. The first-order valence-corrected chi connectivity index (χ1v) is 4.80. The summed E-state index contributed by atoms with van der Waals surface area (Å²) in [4.78, 5) is 0.